The molecule has 0 unspecified atom stereocenters. The molecule has 1 aromatic rings. The third-order valence-corrected chi connectivity index (χ3v) is 1.45. The molecule has 0 spiro atoms. The number of hydrogen-bond acceptors (Lipinski definition) is 2. The van der Waals surface area contributed by atoms with E-state index >= 15 is 0 Å². The van der Waals surface area contributed by atoms with Gasteiger partial charge >= 0.3 is 0 Å². The van der Waals surface area contributed by atoms with Gasteiger partial charge in [-0.2, -0.15) is 0 Å². The van der Waals surface area contributed by atoms with Crippen LogP contribution in [0.4, 0.5) is 0 Å². The van der Waals surface area contributed by atoms with Crippen molar-refractivity contribution in [2.24, 2.45) is 5.73 Å². The molecule has 0 aliphatic rings. The highest BCUT2D eigenvalue weighted by molar-refractivity contribution is 5.51. The van der Waals surface area contributed by atoms with Crippen molar-refractivity contribution in [1.82, 2.24) is 0 Å². The molecule has 0 bridgehead atoms. The summed E-state index contributed by atoms with van der Waals surface area (Å²) in [6, 6.07) is 7.00. The molecular formula is C10H12NO. The molecule has 2 heteroatoms. The molecule has 0 fully saturated rings. The molecule has 12 heavy (non-hydrogen) atoms. The minimum atomic E-state index is 0.287. The van der Waals surface area contributed by atoms with Crippen LogP contribution in [0, 0.1) is 6.42 Å². The molecule has 3 N–H and O–H groups in total. The summed E-state index contributed by atoms with van der Waals surface area (Å²) in [5, 5.41) is 8.98. The number of benzene rings is 1. The van der Waals surface area contributed by atoms with Crippen LogP contribution in [0.25, 0.3) is 6.08 Å². The third kappa shape index (κ3) is 2.76. The molecule has 1 aromatic carbocycles. The Morgan fingerprint density at radius 3 is 2.50 bits per heavy atom. The highest BCUT2D eigenvalue weighted by Crippen LogP contribution is 2.10. The van der Waals surface area contributed by atoms with E-state index < -0.39 is 0 Å². The molecule has 0 saturated carbocycles. The van der Waals surface area contributed by atoms with Gasteiger partial charge in [0.1, 0.15) is 5.75 Å². The Morgan fingerprint density at radius 1 is 1.25 bits per heavy atom. The van der Waals surface area contributed by atoms with Crippen molar-refractivity contribution in [3.05, 3.63) is 42.3 Å². The summed E-state index contributed by atoms with van der Waals surface area (Å²) in [6.07, 6.45) is 5.70. The minimum Gasteiger partial charge on any atom is -0.508 e. The maximum absolute atomic E-state index is 8.98. The van der Waals surface area contributed by atoms with E-state index in [1.807, 2.05) is 30.7 Å². The molecule has 0 heterocycles. The van der Waals surface area contributed by atoms with Crippen molar-refractivity contribution >= 4 is 6.08 Å². The highest BCUT2D eigenvalue weighted by atomic mass is 16.3. The molecule has 0 aliphatic heterocycles. The number of hydrogen-bond donors (Lipinski definition) is 2. The summed E-state index contributed by atoms with van der Waals surface area (Å²) < 4.78 is 0. The number of nitrogens with two attached hydrogens (primary N) is 1. The molecule has 0 aliphatic carbocycles. The fraction of sp³-hybridized carbons (Fsp3) is 0.100. The first kappa shape index (κ1) is 8.81. The van der Waals surface area contributed by atoms with Crippen LogP contribution >= 0.6 is 0 Å². The number of phenolic OH excluding ortho intramolecular Hbond substituents is 1. The Balaban J connectivity index is 2.58. The SMILES string of the molecule is NC[CH]C=Cc1ccc(O)cc1. The quantitative estimate of drug-likeness (QED) is 0.708. The maximum Gasteiger partial charge on any atom is 0.115 e. The number of phenols is 1. The molecule has 2 nitrogen and oxygen atoms in total. The summed E-state index contributed by atoms with van der Waals surface area (Å²) >= 11 is 0. The Hall–Kier alpha value is -1.28. The standard InChI is InChI=1S/C10H12NO/c11-8-2-1-3-9-4-6-10(12)7-5-9/h1-7,12H,8,11H2. The first-order valence-electron chi connectivity index (χ1n) is 3.82. The lowest BCUT2D eigenvalue weighted by Gasteiger charge is -1.93. The lowest BCUT2D eigenvalue weighted by atomic mass is 10.2. The van der Waals surface area contributed by atoms with Crippen molar-refractivity contribution in [2.75, 3.05) is 6.54 Å². The second-order valence-corrected chi connectivity index (χ2v) is 2.42. The van der Waals surface area contributed by atoms with E-state index in [9.17, 15) is 0 Å². The Kier molecular flexibility index (Phi) is 3.35. The predicted molar refractivity (Wildman–Crippen MR) is 50.5 cm³/mol. The zero-order valence-corrected chi connectivity index (χ0v) is 6.77. The first-order valence-corrected chi connectivity index (χ1v) is 3.82. The zero-order valence-electron chi connectivity index (χ0n) is 6.77. The van der Waals surface area contributed by atoms with E-state index in [4.69, 9.17) is 10.8 Å². The van der Waals surface area contributed by atoms with Gasteiger partial charge in [-0.1, -0.05) is 24.3 Å². The average Bonchev–Trinajstić information content (AvgIpc) is 2.09. The first-order chi connectivity index (χ1) is 5.83. The van der Waals surface area contributed by atoms with Crippen LogP contribution in [0.2, 0.25) is 0 Å². The van der Waals surface area contributed by atoms with Crippen LogP contribution in [0.3, 0.4) is 0 Å². The molecule has 0 atom stereocenters. The van der Waals surface area contributed by atoms with Crippen molar-refractivity contribution in [1.29, 1.82) is 0 Å². The normalized spacial score (nSPS) is 10.8. The van der Waals surface area contributed by atoms with E-state index in [0.717, 1.165) is 5.56 Å². The van der Waals surface area contributed by atoms with Crippen LogP contribution in [0.15, 0.2) is 30.3 Å². The van der Waals surface area contributed by atoms with E-state index in [0.29, 0.717) is 6.54 Å². The van der Waals surface area contributed by atoms with Crippen LogP contribution in [-0.4, -0.2) is 11.7 Å². The maximum atomic E-state index is 8.98. The predicted octanol–water partition coefficient (Wildman–Crippen LogP) is 1.57. The van der Waals surface area contributed by atoms with Crippen molar-refractivity contribution in [3.63, 3.8) is 0 Å². The summed E-state index contributed by atoms with van der Waals surface area (Å²) in [5.41, 5.74) is 6.32. The molecule has 1 radical (unpaired) electrons. The third-order valence-electron chi connectivity index (χ3n) is 1.45. The Morgan fingerprint density at radius 2 is 1.92 bits per heavy atom. The van der Waals surface area contributed by atoms with Crippen molar-refractivity contribution in [2.45, 2.75) is 0 Å². The van der Waals surface area contributed by atoms with Gasteiger partial charge in [-0.3, -0.25) is 0 Å². The van der Waals surface area contributed by atoms with Gasteiger partial charge in [0.2, 0.25) is 0 Å². The smallest absolute Gasteiger partial charge is 0.115 e. The van der Waals surface area contributed by atoms with E-state index in [2.05, 4.69) is 0 Å². The summed E-state index contributed by atoms with van der Waals surface area (Å²) in [5.74, 6) is 0.287. The summed E-state index contributed by atoms with van der Waals surface area (Å²) in [6.45, 7) is 0.550. The van der Waals surface area contributed by atoms with Gasteiger partial charge in [0.25, 0.3) is 0 Å². The van der Waals surface area contributed by atoms with Crippen LogP contribution in [-0.2, 0) is 0 Å². The molecule has 0 amide bonds. The second-order valence-electron chi connectivity index (χ2n) is 2.42. The largest absolute Gasteiger partial charge is 0.508 e. The van der Waals surface area contributed by atoms with Crippen molar-refractivity contribution in [3.8, 4) is 5.75 Å². The van der Waals surface area contributed by atoms with Crippen LogP contribution in [0.1, 0.15) is 5.56 Å². The van der Waals surface area contributed by atoms with Gasteiger partial charge in [0, 0.05) is 0 Å². The van der Waals surface area contributed by atoms with Gasteiger partial charge in [-0.25, -0.2) is 0 Å². The van der Waals surface area contributed by atoms with Gasteiger partial charge in [0.15, 0.2) is 0 Å². The minimum absolute atomic E-state index is 0.287. The summed E-state index contributed by atoms with van der Waals surface area (Å²) in [4.78, 5) is 0. The van der Waals surface area contributed by atoms with Gasteiger partial charge in [-0.15, -0.1) is 0 Å². The lowest BCUT2D eigenvalue weighted by Crippen LogP contribution is -1.95. The monoisotopic (exact) mass is 162 g/mol. The lowest BCUT2D eigenvalue weighted by molar-refractivity contribution is 0.475. The average molecular weight is 162 g/mol. The summed E-state index contributed by atoms with van der Waals surface area (Å²) in [7, 11) is 0. The molecule has 0 saturated heterocycles. The number of rotatable bonds is 3. The number of aromatic hydroxyl groups is 1. The van der Waals surface area contributed by atoms with Crippen molar-refractivity contribution < 1.29 is 5.11 Å². The zero-order chi connectivity index (χ0) is 8.81. The van der Waals surface area contributed by atoms with E-state index in [1.165, 1.54) is 0 Å². The van der Waals surface area contributed by atoms with Gasteiger partial charge in [0.05, 0.1) is 0 Å². The van der Waals surface area contributed by atoms with Gasteiger partial charge in [-0.05, 0) is 30.7 Å². The van der Waals surface area contributed by atoms with E-state index in [-0.39, 0.29) is 5.75 Å². The Labute approximate surface area is 72.3 Å². The molecular weight excluding hydrogens is 150 g/mol. The van der Waals surface area contributed by atoms with Gasteiger partial charge < -0.3 is 10.8 Å². The molecule has 0 aromatic heterocycles. The topological polar surface area (TPSA) is 46.2 Å². The second kappa shape index (κ2) is 4.57. The molecule has 1 rings (SSSR count). The van der Waals surface area contributed by atoms with Crippen LogP contribution < -0.4 is 5.73 Å². The highest BCUT2D eigenvalue weighted by Gasteiger charge is 1.86. The van der Waals surface area contributed by atoms with E-state index in [1.54, 1.807) is 12.1 Å². The fourth-order valence-corrected chi connectivity index (χ4v) is 0.843. The molecule has 63 valence electrons. The van der Waals surface area contributed by atoms with Crippen LogP contribution in [0.5, 0.6) is 5.75 Å². The Bertz CT molecular complexity index is 251. The fourth-order valence-electron chi connectivity index (χ4n) is 0.843.